The van der Waals surface area contributed by atoms with Crippen LogP contribution < -0.4 is 10.6 Å². The van der Waals surface area contributed by atoms with Crippen molar-refractivity contribution in [3.05, 3.63) is 65.2 Å². The molecule has 2 amide bonds. The van der Waals surface area contributed by atoms with Crippen LogP contribution in [0.15, 0.2) is 48.5 Å². The molecule has 2 N–H and O–H groups in total. The molecule has 0 fully saturated rings. The lowest BCUT2D eigenvalue weighted by Crippen LogP contribution is -2.10. The Morgan fingerprint density at radius 2 is 1.69 bits per heavy atom. The van der Waals surface area contributed by atoms with Gasteiger partial charge in [-0.2, -0.15) is 0 Å². The van der Waals surface area contributed by atoms with Crippen LogP contribution >= 0.6 is 0 Å². The van der Waals surface area contributed by atoms with E-state index in [-0.39, 0.29) is 11.8 Å². The van der Waals surface area contributed by atoms with E-state index in [9.17, 15) is 14.4 Å². The van der Waals surface area contributed by atoms with Gasteiger partial charge < -0.3 is 15.4 Å². The molecule has 0 aliphatic rings. The van der Waals surface area contributed by atoms with Crippen LogP contribution in [-0.4, -0.2) is 24.9 Å². The number of nitrogens with one attached hydrogen (secondary N) is 2. The van der Waals surface area contributed by atoms with E-state index in [1.54, 1.807) is 48.5 Å². The highest BCUT2D eigenvalue weighted by Gasteiger charge is 2.09. The van der Waals surface area contributed by atoms with Gasteiger partial charge in [-0.1, -0.05) is 18.2 Å². The Labute approximate surface area is 151 Å². The van der Waals surface area contributed by atoms with Crippen LogP contribution in [0.5, 0.6) is 0 Å². The van der Waals surface area contributed by atoms with Gasteiger partial charge in [0.25, 0.3) is 0 Å². The number of hydrogen-bond donors (Lipinski definition) is 2. The van der Waals surface area contributed by atoms with Gasteiger partial charge in [-0.25, -0.2) is 4.79 Å². The molecule has 2 rings (SSSR count). The zero-order valence-electron chi connectivity index (χ0n) is 14.8. The SMILES string of the molecule is COC(=O)c1ccc(C)c(NC(=O)/C=C/c2ccc(NC(C)=O)cc2)c1. The van der Waals surface area contributed by atoms with Gasteiger partial charge in [0.05, 0.1) is 12.7 Å². The van der Waals surface area contributed by atoms with Gasteiger partial charge in [0, 0.05) is 24.4 Å². The van der Waals surface area contributed by atoms with Crippen molar-refractivity contribution in [3.63, 3.8) is 0 Å². The molecule has 134 valence electrons. The van der Waals surface area contributed by atoms with E-state index in [2.05, 4.69) is 15.4 Å². The molecular weight excluding hydrogens is 332 g/mol. The van der Waals surface area contributed by atoms with Crippen molar-refractivity contribution in [2.75, 3.05) is 17.7 Å². The van der Waals surface area contributed by atoms with E-state index in [1.807, 2.05) is 6.92 Å². The first kappa shape index (κ1) is 18.9. The quantitative estimate of drug-likeness (QED) is 0.638. The Morgan fingerprint density at radius 3 is 2.31 bits per heavy atom. The molecule has 0 bridgehead atoms. The molecular formula is C20H20N2O4. The number of anilines is 2. The first-order chi connectivity index (χ1) is 12.4. The zero-order valence-corrected chi connectivity index (χ0v) is 14.8. The molecule has 6 heteroatoms. The Bertz CT molecular complexity index is 855. The number of esters is 1. The Morgan fingerprint density at radius 1 is 1.00 bits per heavy atom. The molecule has 6 nitrogen and oxygen atoms in total. The maximum atomic E-state index is 12.1. The summed E-state index contributed by atoms with van der Waals surface area (Å²) in [6.07, 6.45) is 3.06. The summed E-state index contributed by atoms with van der Waals surface area (Å²) in [5.74, 6) is -0.923. The summed E-state index contributed by atoms with van der Waals surface area (Å²) in [6.45, 7) is 3.27. The second-order valence-electron chi connectivity index (χ2n) is 5.65. The number of carbonyl (C=O) groups is 3. The molecule has 2 aromatic rings. The minimum atomic E-state index is -0.463. The topological polar surface area (TPSA) is 84.5 Å². The van der Waals surface area contributed by atoms with E-state index in [4.69, 9.17) is 0 Å². The first-order valence-corrected chi connectivity index (χ1v) is 7.94. The second-order valence-corrected chi connectivity index (χ2v) is 5.65. The van der Waals surface area contributed by atoms with Crippen LogP contribution in [0.3, 0.4) is 0 Å². The number of rotatable bonds is 5. The van der Waals surface area contributed by atoms with Crippen LogP contribution in [0.25, 0.3) is 6.08 Å². The summed E-state index contributed by atoms with van der Waals surface area (Å²) in [4.78, 5) is 34.7. The number of aryl methyl sites for hydroxylation is 1. The lowest BCUT2D eigenvalue weighted by Gasteiger charge is -2.08. The monoisotopic (exact) mass is 352 g/mol. The van der Waals surface area contributed by atoms with Crippen molar-refractivity contribution in [1.82, 2.24) is 0 Å². The van der Waals surface area contributed by atoms with E-state index in [1.165, 1.54) is 20.1 Å². The lowest BCUT2D eigenvalue weighted by atomic mass is 10.1. The summed E-state index contributed by atoms with van der Waals surface area (Å²) in [6, 6.07) is 12.0. The van der Waals surface area contributed by atoms with Crippen molar-refractivity contribution in [3.8, 4) is 0 Å². The molecule has 0 atom stereocenters. The normalized spacial score (nSPS) is 10.4. The maximum absolute atomic E-state index is 12.1. The molecule has 0 aliphatic carbocycles. The first-order valence-electron chi connectivity index (χ1n) is 7.94. The van der Waals surface area contributed by atoms with Gasteiger partial charge in [-0.15, -0.1) is 0 Å². The Hall–Kier alpha value is -3.41. The third-order valence-corrected chi connectivity index (χ3v) is 3.57. The zero-order chi connectivity index (χ0) is 19.1. The van der Waals surface area contributed by atoms with Gasteiger partial charge >= 0.3 is 5.97 Å². The average Bonchev–Trinajstić information content (AvgIpc) is 2.62. The van der Waals surface area contributed by atoms with Crippen molar-refractivity contribution in [1.29, 1.82) is 0 Å². The van der Waals surface area contributed by atoms with Crippen molar-refractivity contribution < 1.29 is 19.1 Å². The van der Waals surface area contributed by atoms with Crippen molar-refractivity contribution >= 4 is 35.2 Å². The van der Waals surface area contributed by atoms with Gasteiger partial charge in [-0.05, 0) is 48.4 Å². The van der Waals surface area contributed by atoms with Gasteiger partial charge in [-0.3, -0.25) is 9.59 Å². The van der Waals surface area contributed by atoms with Crippen LogP contribution in [-0.2, 0) is 14.3 Å². The number of amides is 2. The second kappa shape index (κ2) is 8.62. The molecule has 26 heavy (non-hydrogen) atoms. The molecule has 0 radical (unpaired) electrons. The van der Waals surface area contributed by atoms with Crippen molar-refractivity contribution in [2.24, 2.45) is 0 Å². The van der Waals surface area contributed by atoms with Crippen LogP contribution in [0, 0.1) is 6.92 Å². The van der Waals surface area contributed by atoms with E-state index in [0.29, 0.717) is 16.9 Å². The van der Waals surface area contributed by atoms with Crippen LogP contribution in [0.1, 0.15) is 28.4 Å². The molecule has 0 unspecified atom stereocenters. The molecule has 0 heterocycles. The third-order valence-electron chi connectivity index (χ3n) is 3.57. The highest BCUT2D eigenvalue weighted by molar-refractivity contribution is 6.03. The minimum absolute atomic E-state index is 0.141. The summed E-state index contributed by atoms with van der Waals surface area (Å²) in [7, 11) is 1.31. The summed E-state index contributed by atoms with van der Waals surface area (Å²) in [5, 5.41) is 5.42. The Balaban J connectivity index is 2.05. The Kier molecular flexibility index (Phi) is 6.27. The summed E-state index contributed by atoms with van der Waals surface area (Å²) in [5.41, 5.74) is 3.25. The third kappa shape index (κ3) is 5.31. The largest absolute Gasteiger partial charge is 0.465 e. The maximum Gasteiger partial charge on any atom is 0.337 e. The van der Waals surface area contributed by atoms with Gasteiger partial charge in [0.15, 0.2) is 0 Å². The van der Waals surface area contributed by atoms with Crippen molar-refractivity contribution in [2.45, 2.75) is 13.8 Å². The van der Waals surface area contributed by atoms with Gasteiger partial charge in [0.1, 0.15) is 0 Å². The van der Waals surface area contributed by atoms with E-state index in [0.717, 1.165) is 11.1 Å². The predicted molar refractivity (Wildman–Crippen MR) is 101 cm³/mol. The summed E-state index contributed by atoms with van der Waals surface area (Å²) < 4.78 is 4.68. The fourth-order valence-corrected chi connectivity index (χ4v) is 2.23. The average molecular weight is 352 g/mol. The van der Waals surface area contributed by atoms with Crippen LogP contribution in [0.2, 0.25) is 0 Å². The van der Waals surface area contributed by atoms with Gasteiger partial charge in [0.2, 0.25) is 11.8 Å². The lowest BCUT2D eigenvalue weighted by molar-refractivity contribution is -0.114. The molecule has 0 spiro atoms. The number of hydrogen-bond acceptors (Lipinski definition) is 4. The molecule has 0 aliphatic heterocycles. The molecule has 0 aromatic heterocycles. The molecule has 0 saturated carbocycles. The molecule has 2 aromatic carbocycles. The number of benzene rings is 2. The smallest absolute Gasteiger partial charge is 0.337 e. The fourth-order valence-electron chi connectivity index (χ4n) is 2.23. The summed E-state index contributed by atoms with van der Waals surface area (Å²) >= 11 is 0. The standard InChI is InChI=1S/C20H20N2O4/c1-13-4-8-16(20(25)26-3)12-18(13)22-19(24)11-7-15-5-9-17(10-6-15)21-14(2)23/h4-12H,1-3H3,(H,21,23)(H,22,24)/b11-7+. The number of carbonyl (C=O) groups excluding carboxylic acids is 3. The van der Waals surface area contributed by atoms with Crippen LogP contribution in [0.4, 0.5) is 11.4 Å². The fraction of sp³-hybridized carbons (Fsp3) is 0.150. The van der Waals surface area contributed by atoms with E-state index >= 15 is 0 Å². The highest BCUT2D eigenvalue weighted by Crippen LogP contribution is 2.18. The number of methoxy groups -OCH3 is 1. The molecule has 0 saturated heterocycles. The highest BCUT2D eigenvalue weighted by atomic mass is 16.5. The minimum Gasteiger partial charge on any atom is -0.465 e. The van der Waals surface area contributed by atoms with E-state index < -0.39 is 5.97 Å². The predicted octanol–water partition coefficient (Wildman–Crippen LogP) is 3.39. The number of ether oxygens (including phenoxy) is 1.